The topological polar surface area (TPSA) is 30.2 Å². The van der Waals surface area contributed by atoms with Crippen molar-refractivity contribution in [3.63, 3.8) is 0 Å². The molecule has 0 aliphatic heterocycles. The molecule has 0 aliphatic carbocycles. The lowest BCUT2D eigenvalue weighted by molar-refractivity contribution is 1.11. The predicted octanol–water partition coefficient (Wildman–Crippen LogP) is 1.37. The van der Waals surface area contributed by atoms with Gasteiger partial charge < -0.3 is 0 Å². The summed E-state index contributed by atoms with van der Waals surface area (Å²) < 4.78 is 1.93. The highest BCUT2D eigenvalue weighted by Crippen LogP contribution is 2.04. The molecule has 2 aromatic rings. The number of imidazole rings is 1. The van der Waals surface area contributed by atoms with E-state index in [1.807, 2.05) is 10.6 Å². The smallest absolute Gasteiger partial charge is 0.155 e. The Morgan fingerprint density at radius 1 is 1.45 bits per heavy atom. The Bertz CT molecular complexity index is 389. The van der Waals surface area contributed by atoms with E-state index in [4.69, 9.17) is 0 Å². The van der Waals surface area contributed by atoms with Crippen LogP contribution < -0.4 is 0 Å². The van der Waals surface area contributed by atoms with Crippen molar-refractivity contribution in [2.45, 2.75) is 0 Å². The van der Waals surface area contributed by atoms with Gasteiger partial charge in [-0.3, -0.25) is 9.38 Å². The molecule has 0 aliphatic rings. The van der Waals surface area contributed by atoms with Crippen LogP contribution in [0.2, 0.25) is 0 Å². The molecule has 0 bridgehead atoms. The zero-order valence-electron chi connectivity index (χ0n) is 5.94. The van der Waals surface area contributed by atoms with Crippen LogP contribution in [0.15, 0.2) is 31.4 Å². The first-order valence-electron chi connectivity index (χ1n) is 3.31. The van der Waals surface area contributed by atoms with Gasteiger partial charge in [0.15, 0.2) is 5.65 Å². The highest BCUT2D eigenvalue weighted by atomic mass is 15.0. The van der Waals surface area contributed by atoms with Gasteiger partial charge in [-0.25, -0.2) is 4.98 Å². The fourth-order valence-electron chi connectivity index (χ4n) is 1.01. The normalized spacial score (nSPS) is 10.2. The SMILES string of the molecule is C=Cc1cnc2cnccn12. The van der Waals surface area contributed by atoms with E-state index in [-0.39, 0.29) is 0 Å². The van der Waals surface area contributed by atoms with Gasteiger partial charge in [0.25, 0.3) is 0 Å². The summed E-state index contributed by atoms with van der Waals surface area (Å²) in [5, 5.41) is 0. The Morgan fingerprint density at radius 2 is 2.36 bits per heavy atom. The van der Waals surface area contributed by atoms with E-state index < -0.39 is 0 Å². The molecule has 2 rings (SSSR count). The number of rotatable bonds is 1. The van der Waals surface area contributed by atoms with Crippen LogP contribution in [-0.2, 0) is 0 Å². The van der Waals surface area contributed by atoms with Crippen LogP contribution in [0.4, 0.5) is 0 Å². The minimum absolute atomic E-state index is 0.849. The van der Waals surface area contributed by atoms with Crippen LogP contribution in [0, 0.1) is 0 Å². The fourth-order valence-corrected chi connectivity index (χ4v) is 1.01. The molecule has 0 spiro atoms. The van der Waals surface area contributed by atoms with Crippen LogP contribution >= 0.6 is 0 Å². The van der Waals surface area contributed by atoms with E-state index in [1.165, 1.54) is 0 Å². The van der Waals surface area contributed by atoms with E-state index in [1.54, 1.807) is 24.7 Å². The summed E-state index contributed by atoms with van der Waals surface area (Å²) in [6, 6.07) is 0. The molecule has 0 unspecified atom stereocenters. The first kappa shape index (κ1) is 6.09. The number of hydrogen-bond acceptors (Lipinski definition) is 2. The molecule has 0 N–H and O–H groups in total. The molecule has 0 saturated heterocycles. The summed E-state index contributed by atoms with van der Waals surface area (Å²) in [6.45, 7) is 3.67. The molecule has 0 radical (unpaired) electrons. The first-order chi connectivity index (χ1) is 5.42. The zero-order valence-corrected chi connectivity index (χ0v) is 5.94. The molecule has 0 saturated carbocycles. The molecule has 3 heteroatoms. The zero-order chi connectivity index (χ0) is 7.68. The number of hydrogen-bond donors (Lipinski definition) is 0. The lowest BCUT2D eigenvalue weighted by Crippen LogP contribution is -1.85. The molecular weight excluding hydrogens is 138 g/mol. The van der Waals surface area contributed by atoms with Gasteiger partial charge in [0.1, 0.15) is 0 Å². The Labute approximate surface area is 64.0 Å². The van der Waals surface area contributed by atoms with E-state index in [9.17, 15) is 0 Å². The van der Waals surface area contributed by atoms with Crippen molar-refractivity contribution in [1.82, 2.24) is 14.4 Å². The minimum Gasteiger partial charge on any atom is -0.297 e. The molecule has 0 atom stereocenters. The quantitative estimate of drug-likeness (QED) is 0.606. The van der Waals surface area contributed by atoms with Gasteiger partial charge in [-0.1, -0.05) is 6.58 Å². The molecule has 54 valence electrons. The third kappa shape index (κ3) is 0.816. The second kappa shape index (κ2) is 2.20. The van der Waals surface area contributed by atoms with Crippen LogP contribution in [-0.4, -0.2) is 14.4 Å². The maximum atomic E-state index is 4.12. The van der Waals surface area contributed by atoms with Crippen LogP contribution in [0.3, 0.4) is 0 Å². The van der Waals surface area contributed by atoms with Crippen molar-refractivity contribution in [2.75, 3.05) is 0 Å². The second-order valence-corrected chi connectivity index (χ2v) is 2.19. The summed E-state index contributed by atoms with van der Waals surface area (Å²) in [7, 11) is 0. The number of nitrogens with zero attached hydrogens (tertiary/aromatic N) is 3. The van der Waals surface area contributed by atoms with Crippen molar-refractivity contribution in [3.8, 4) is 0 Å². The van der Waals surface area contributed by atoms with E-state index in [0.717, 1.165) is 11.3 Å². The van der Waals surface area contributed by atoms with E-state index in [2.05, 4.69) is 16.5 Å². The third-order valence-corrected chi connectivity index (χ3v) is 1.56. The minimum atomic E-state index is 0.849. The lowest BCUT2D eigenvalue weighted by Gasteiger charge is -1.92. The predicted molar refractivity (Wildman–Crippen MR) is 43.1 cm³/mol. The molecular formula is C8H7N3. The Hall–Kier alpha value is -1.64. The second-order valence-electron chi connectivity index (χ2n) is 2.19. The van der Waals surface area contributed by atoms with Crippen molar-refractivity contribution in [1.29, 1.82) is 0 Å². The maximum absolute atomic E-state index is 4.12. The number of aromatic nitrogens is 3. The van der Waals surface area contributed by atoms with Gasteiger partial charge >= 0.3 is 0 Å². The number of fused-ring (bicyclic) bond motifs is 1. The van der Waals surface area contributed by atoms with Crippen molar-refractivity contribution in [2.24, 2.45) is 0 Å². The van der Waals surface area contributed by atoms with Crippen molar-refractivity contribution in [3.05, 3.63) is 37.1 Å². The average Bonchev–Trinajstić information content (AvgIpc) is 2.47. The van der Waals surface area contributed by atoms with Crippen LogP contribution in [0.5, 0.6) is 0 Å². The first-order valence-corrected chi connectivity index (χ1v) is 3.31. The van der Waals surface area contributed by atoms with Gasteiger partial charge in [-0.15, -0.1) is 0 Å². The monoisotopic (exact) mass is 145 g/mol. The maximum Gasteiger partial charge on any atom is 0.155 e. The molecule has 0 amide bonds. The third-order valence-electron chi connectivity index (χ3n) is 1.56. The van der Waals surface area contributed by atoms with Crippen LogP contribution in [0.25, 0.3) is 11.7 Å². The Morgan fingerprint density at radius 3 is 3.18 bits per heavy atom. The van der Waals surface area contributed by atoms with Crippen molar-refractivity contribution < 1.29 is 0 Å². The molecule has 3 nitrogen and oxygen atoms in total. The van der Waals surface area contributed by atoms with E-state index in [0.29, 0.717) is 0 Å². The van der Waals surface area contributed by atoms with Gasteiger partial charge in [0.2, 0.25) is 0 Å². The van der Waals surface area contributed by atoms with Crippen molar-refractivity contribution >= 4 is 11.7 Å². The molecule has 11 heavy (non-hydrogen) atoms. The highest BCUT2D eigenvalue weighted by Gasteiger charge is 1.96. The Balaban J connectivity index is 2.86. The van der Waals surface area contributed by atoms with E-state index >= 15 is 0 Å². The summed E-state index contributed by atoms with van der Waals surface area (Å²) in [5.41, 5.74) is 1.84. The summed E-state index contributed by atoms with van der Waals surface area (Å²) in [5.74, 6) is 0. The largest absolute Gasteiger partial charge is 0.297 e. The van der Waals surface area contributed by atoms with Crippen LogP contribution in [0.1, 0.15) is 5.69 Å². The molecule has 2 heterocycles. The summed E-state index contributed by atoms with van der Waals surface area (Å²) in [6.07, 6.45) is 8.83. The lowest BCUT2D eigenvalue weighted by atomic mass is 10.5. The molecule has 2 aromatic heterocycles. The summed E-state index contributed by atoms with van der Waals surface area (Å²) in [4.78, 5) is 8.06. The standard InChI is InChI=1S/C8H7N3/c1-2-7-5-10-8-6-9-3-4-11(7)8/h2-6H,1H2. The Kier molecular flexibility index (Phi) is 1.22. The van der Waals surface area contributed by atoms with Gasteiger partial charge in [0.05, 0.1) is 18.1 Å². The van der Waals surface area contributed by atoms with Gasteiger partial charge in [0, 0.05) is 12.4 Å². The highest BCUT2D eigenvalue weighted by molar-refractivity contribution is 5.49. The average molecular weight is 145 g/mol. The molecule has 0 fully saturated rings. The fraction of sp³-hybridized carbons (Fsp3) is 0. The van der Waals surface area contributed by atoms with Gasteiger partial charge in [-0.2, -0.15) is 0 Å². The molecule has 0 aromatic carbocycles. The summed E-state index contributed by atoms with van der Waals surface area (Å²) >= 11 is 0. The van der Waals surface area contributed by atoms with Gasteiger partial charge in [-0.05, 0) is 6.08 Å².